The third-order valence-electron chi connectivity index (χ3n) is 3.84. The van der Waals surface area contributed by atoms with Crippen LogP contribution in [0.2, 0.25) is 0 Å². The Morgan fingerprint density at radius 1 is 1.38 bits per heavy atom. The van der Waals surface area contributed by atoms with Crippen molar-refractivity contribution in [3.8, 4) is 0 Å². The molecule has 0 radical (unpaired) electrons. The van der Waals surface area contributed by atoms with E-state index in [1.165, 1.54) is 16.6 Å². The highest BCUT2D eigenvalue weighted by atomic mass is 32.2. The van der Waals surface area contributed by atoms with Gasteiger partial charge in [-0.3, -0.25) is 4.90 Å². The van der Waals surface area contributed by atoms with Crippen LogP contribution in [0.15, 0.2) is 23.4 Å². The van der Waals surface area contributed by atoms with Crippen LogP contribution in [0, 0.1) is 5.82 Å². The molecule has 6 nitrogen and oxygen atoms in total. The van der Waals surface area contributed by atoms with Crippen molar-refractivity contribution in [2.75, 3.05) is 32.7 Å². The van der Waals surface area contributed by atoms with Crippen molar-refractivity contribution >= 4 is 10.0 Å². The Morgan fingerprint density at radius 3 is 2.57 bits per heavy atom. The standard InChI is InChI=1S/C13H21FN4O2S/c1-2-11(10-15)17-6-8-18(9-7-17)21(19,20)13-12(14)4-3-5-16-13/h3-5,11H,2,6-10,15H2,1H3. The van der Waals surface area contributed by atoms with E-state index in [-0.39, 0.29) is 6.04 Å². The van der Waals surface area contributed by atoms with Gasteiger partial charge in [0.1, 0.15) is 0 Å². The molecule has 0 aliphatic carbocycles. The van der Waals surface area contributed by atoms with Crippen LogP contribution in [0.1, 0.15) is 13.3 Å². The monoisotopic (exact) mass is 316 g/mol. The number of pyridine rings is 1. The number of halogens is 1. The van der Waals surface area contributed by atoms with E-state index >= 15 is 0 Å². The molecule has 0 amide bonds. The molecule has 0 aromatic carbocycles. The van der Waals surface area contributed by atoms with Crippen molar-refractivity contribution in [2.45, 2.75) is 24.4 Å². The van der Waals surface area contributed by atoms with Crippen molar-refractivity contribution in [1.29, 1.82) is 0 Å². The maximum Gasteiger partial charge on any atom is 0.263 e. The molecule has 1 aromatic heterocycles. The number of rotatable bonds is 5. The summed E-state index contributed by atoms with van der Waals surface area (Å²) in [6, 6.07) is 2.75. The lowest BCUT2D eigenvalue weighted by Gasteiger charge is -2.37. The average molecular weight is 316 g/mol. The van der Waals surface area contributed by atoms with E-state index in [0.717, 1.165) is 12.5 Å². The molecule has 1 fully saturated rings. The van der Waals surface area contributed by atoms with Crippen LogP contribution >= 0.6 is 0 Å². The van der Waals surface area contributed by atoms with E-state index in [0.29, 0.717) is 32.7 Å². The summed E-state index contributed by atoms with van der Waals surface area (Å²) in [4.78, 5) is 5.85. The highest BCUT2D eigenvalue weighted by Crippen LogP contribution is 2.19. The molecule has 2 rings (SSSR count). The van der Waals surface area contributed by atoms with E-state index in [2.05, 4.69) is 16.8 Å². The number of aromatic nitrogens is 1. The summed E-state index contributed by atoms with van der Waals surface area (Å²) in [6.07, 6.45) is 2.21. The molecule has 21 heavy (non-hydrogen) atoms. The van der Waals surface area contributed by atoms with Gasteiger partial charge < -0.3 is 5.73 Å². The highest BCUT2D eigenvalue weighted by Gasteiger charge is 2.32. The molecule has 2 heterocycles. The number of hydrogen-bond acceptors (Lipinski definition) is 5. The molecule has 8 heteroatoms. The highest BCUT2D eigenvalue weighted by molar-refractivity contribution is 7.89. The van der Waals surface area contributed by atoms with E-state index in [1.54, 1.807) is 0 Å². The predicted octanol–water partition coefficient (Wildman–Crippen LogP) is 0.264. The summed E-state index contributed by atoms with van der Waals surface area (Å²) in [5.41, 5.74) is 5.71. The first-order chi connectivity index (χ1) is 10.0. The van der Waals surface area contributed by atoms with Gasteiger partial charge in [0.2, 0.25) is 5.03 Å². The van der Waals surface area contributed by atoms with Crippen molar-refractivity contribution in [2.24, 2.45) is 5.73 Å². The zero-order chi connectivity index (χ0) is 15.5. The summed E-state index contributed by atoms with van der Waals surface area (Å²) in [6.45, 7) is 4.47. The van der Waals surface area contributed by atoms with Gasteiger partial charge in [0.25, 0.3) is 10.0 Å². The summed E-state index contributed by atoms with van der Waals surface area (Å²) >= 11 is 0. The minimum absolute atomic E-state index is 0.265. The average Bonchev–Trinajstić information content (AvgIpc) is 2.49. The molecule has 1 aromatic rings. The van der Waals surface area contributed by atoms with Crippen LogP contribution in [0.5, 0.6) is 0 Å². The van der Waals surface area contributed by atoms with Crippen molar-refractivity contribution in [3.05, 3.63) is 24.1 Å². The SMILES string of the molecule is CCC(CN)N1CCN(S(=O)(=O)c2ncccc2F)CC1. The van der Waals surface area contributed by atoms with E-state index < -0.39 is 20.9 Å². The van der Waals surface area contributed by atoms with Crippen molar-refractivity contribution in [1.82, 2.24) is 14.2 Å². The first-order valence-electron chi connectivity index (χ1n) is 7.05. The minimum Gasteiger partial charge on any atom is -0.329 e. The van der Waals surface area contributed by atoms with Crippen LogP contribution in [0.25, 0.3) is 0 Å². The molecule has 1 atom stereocenters. The molecule has 2 N–H and O–H groups in total. The maximum absolute atomic E-state index is 13.7. The van der Waals surface area contributed by atoms with Gasteiger partial charge in [0.05, 0.1) is 0 Å². The second-order valence-corrected chi connectivity index (χ2v) is 6.88. The molecular weight excluding hydrogens is 295 g/mol. The largest absolute Gasteiger partial charge is 0.329 e. The normalized spacial score (nSPS) is 19.6. The Hall–Kier alpha value is -1.09. The van der Waals surface area contributed by atoms with Crippen molar-refractivity contribution in [3.63, 3.8) is 0 Å². The number of sulfonamides is 1. The molecule has 118 valence electrons. The Bertz CT molecular complexity index is 569. The fourth-order valence-corrected chi connectivity index (χ4v) is 3.96. The molecule has 0 bridgehead atoms. The second-order valence-electron chi connectivity index (χ2n) is 5.03. The van der Waals surface area contributed by atoms with Gasteiger partial charge in [-0.1, -0.05) is 6.92 Å². The molecule has 1 aliphatic rings. The first-order valence-corrected chi connectivity index (χ1v) is 8.49. The zero-order valence-corrected chi connectivity index (χ0v) is 12.9. The molecule has 1 aliphatic heterocycles. The fourth-order valence-electron chi connectivity index (χ4n) is 2.57. The summed E-state index contributed by atoms with van der Waals surface area (Å²) < 4.78 is 39.8. The molecule has 0 saturated carbocycles. The third kappa shape index (κ3) is 3.39. The van der Waals surface area contributed by atoms with Gasteiger partial charge in [-0.15, -0.1) is 0 Å². The number of nitrogens with zero attached hydrogens (tertiary/aromatic N) is 3. The van der Waals surface area contributed by atoms with Crippen LogP contribution < -0.4 is 5.73 Å². The maximum atomic E-state index is 13.7. The molecule has 0 spiro atoms. The first kappa shape index (κ1) is 16.3. The van der Waals surface area contributed by atoms with E-state index in [9.17, 15) is 12.8 Å². The van der Waals surface area contributed by atoms with Crippen LogP contribution in [-0.4, -0.2) is 61.4 Å². The van der Waals surface area contributed by atoms with E-state index in [4.69, 9.17) is 5.73 Å². The van der Waals surface area contributed by atoms with Gasteiger partial charge in [-0.2, -0.15) is 4.31 Å². The summed E-state index contributed by atoms with van der Waals surface area (Å²) in [5, 5.41) is -0.496. The van der Waals surface area contributed by atoms with Gasteiger partial charge in [0, 0.05) is 45.0 Å². The van der Waals surface area contributed by atoms with Gasteiger partial charge >= 0.3 is 0 Å². The predicted molar refractivity (Wildman–Crippen MR) is 77.7 cm³/mol. The smallest absolute Gasteiger partial charge is 0.263 e. The van der Waals surface area contributed by atoms with Gasteiger partial charge in [-0.05, 0) is 18.6 Å². The van der Waals surface area contributed by atoms with Crippen LogP contribution in [-0.2, 0) is 10.0 Å². The number of hydrogen-bond donors (Lipinski definition) is 1. The van der Waals surface area contributed by atoms with Crippen molar-refractivity contribution < 1.29 is 12.8 Å². The molecule has 1 unspecified atom stereocenters. The zero-order valence-electron chi connectivity index (χ0n) is 12.1. The molecule has 1 saturated heterocycles. The number of piperazine rings is 1. The van der Waals surface area contributed by atoms with Gasteiger partial charge in [0.15, 0.2) is 5.82 Å². The summed E-state index contributed by atoms with van der Waals surface area (Å²) in [5.74, 6) is -0.812. The fraction of sp³-hybridized carbons (Fsp3) is 0.615. The Balaban J connectivity index is 2.10. The van der Waals surface area contributed by atoms with E-state index in [1.807, 2.05) is 0 Å². The summed E-state index contributed by atoms with van der Waals surface area (Å²) in [7, 11) is -3.87. The Kier molecular flexibility index (Phi) is 5.26. The lowest BCUT2D eigenvalue weighted by molar-refractivity contribution is 0.137. The topological polar surface area (TPSA) is 79.5 Å². The van der Waals surface area contributed by atoms with Crippen LogP contribution in [0.4, 0.5) is 4.39 Å². The van der Waals surface area contributed by atoms with Crippen LogP contribution in [0.3, 0.4) is 0 Å². The quantitative estimate of drug-likeness (QED) is 0.843. The Labute approximate surface area is 124 Å². The number of nitrogens with two attached hydrogens (primary N) is 1. The molecular formula is C13H21FN4O2S. The minimum atomic E-state index is -3.87. The Morgan fingerprint density at radius 2 is 2.05 bits per heavy atom. The lowest BCUT2D eigenvalue weighted by atomic mass is 10.1. The van der Waals surface area contributed by atoms with Gasteiger partial charge in [-0.25, -0.2) is 17.8 Å². The third-order valence-corrected chi connectivity index (χ3v) is 5.68. The lowest BCUT2D eigenvalue weighted by Crippen LogP contribution is -2.53. The second kappa shape index (κ2) is 6.78.